The fourth-order valence-corrected chi connectivity index (χ4v) is 4.56. The lowest BCUT2D eigenvalue weighted by atomic mass is 9.85. The maximum absolute atomic E-state index is 8.40. The minimum absolute atomic E-state index is 0.0808. The van der Waals surface area contributed by atoms with E-state index in [1.165, 1.54) is 5.57 Å². The Bertz CT molecular complexity index is 866. The zero-order valence-corrected chi connectivity index (χ0v) is 23.1. The molecule has 1 aliphatic carbocycles. The van der Waals surface area contributed by atoms with E-state index in [1.807, 2.05) is 38.2 Å². The third kappa shape index (κ3) is 10.5. The first-order valence-electron chi connectivity index (χ1n) is 12.8. The highest BCUT2D eigenvalue weighted by Gasteiger charge is 2.21. The van der Waals surface area contributed by atoms with Crippen molar-refractivity contribution in [1.82, 2.24) is 0 Å². The summed E-state index contributed by atoms with van der Waals surface area (Å²) in [6.07, 6.45) is 18.9. The van der Waals surface area contributed by atoms with Crippen LogP contribution in [0.5, 0.6) is 0 Å². The molecule has 1 N–H and O–H groups in total. The molecule has 1 rings (SSSR count). The predicted molar refractivity (Wildman–Crippen MR) is 152 cm³/mol. The molecule has 0 heterocycles. The molecule has 34 heavy (non-hydrogen) atoms. The van der Waals surface area contributed by atoms with Gasteiger partial charge in [-0.25, -0.2) is 0 Å². The van der Waals surface area contributed by atoms with Crippen LogP contribution in [0.3, 0.4) is 0 Å². The van der Waals surface area contributed by atoms with Crippen molar-refractivity contribution in [3.8, 4) is 0 Å². The van der Waals surface area contributed by atoms with Gasteiger partial charge in [0.2, 0.25) is 0 Å². The van der Waals surface area contributed by atoms with E-state index in [0.29, 0.717) is 22.6 Å². The van der Waals surface area contributed by atoms with Crippen LogP contribution in [0.25, 0.3) is 0 Å². The Morgan fingerprint density at radius 2 is 1.94 bits per heavy atom. The summed E-state index contributed by atoms with van der Waals surface area (Å²) in [5.41, 5.74) is 5.23. The van der Waals surface area contributed by atoms with Crippen LogP contribution in [0.15, 0.2) is 82.7 Å². The molecule has 0 saturated carbocycles. The van der Waals surface area contributed by atoms with Gasteiger partial charge in [-0.3, -0.25) is 0 Å². The third-order valence-corrected chi connectivity index (χ3v) is 6.63. The maximum Gasteiger partial charge on any atom is 0.0998 e. The first kappa shape index (κ1) is 30.0. The first-order valence-corrected chi connectivity index (χ1v) is 13.1. The van der Waals surface area contributed by atoms with Crippen LogP contribution in [0, 0.1) is 17.2 Å². The first-order chi connectivity index (χ1) is 16.1. The lowest BCUT2D eigenvalue weighted by molar-refractivity contribution is 0.0976. The highest BCUT2D eigenvalue weighted by Crippen LogP contribution is 2.32. The van der Waals surface area contributed by atoms with Crippen molar-refractivity contribution in [2.45, 2.75) is 92.6 Å². The fraction of sp³-hybridized carbons (Fsp3) is 0.516. The number of allylic oxidation sites excluding steroid dienone is 12. The maximum atomic E-state index is 8.40. The van der Waals surface area contributed by atoms with Gasteiger partial charge in [0, 0.05) is 17.2 Å². The van der Waals surface area contributed by atoms with E-state index in [1.54, 1.807) is 0 Å². The predicted octanol–water partition coefficient (Wildman–Crippen LogP) is 10.0. The Hall–Kier alpha value is -2.06. The molecule has 0 aromatic carbocycles. The van der Waals surface area contributed by atoms with Gasteiger partial charge in [0.15, 0.2) is 0 Å². The van der Waals surface area contributed by atoms with Gasteiger partial charge in [0.1, 0.15) is 0 Å². The molecule has 0 aromatic rings. The Morgan fingerprint density at radius 1 is 1.24 bits per heavy atom. The van der Waals surface area contributed by atoms with E-state index in [0.717, 1.165) is 67.4 Å². The summed E-state index contributed by atoms with van der Waals surface area (Å²) >= 11 is 6.15. The van der Waals surface area contributed by atoms with Crippen molar-refractivity contribution in [3.05, 3.63) is 82.7 Å². The smallest absolute Gasteiger partial charge is 0.0998 e. The normalized spacial score (nSPS) is 17.5. The Balaban J connectivity index is 3.16. The lowest BCUT2D eigenvalue weighted by Gasteiger charge is -2.26. The molecule has 0 saturated heterocycles. The van der Waals surface area contributed by atoms with Gasteiger partial charge in [-0.05, 0) is 93.9 Å². The van der Waals surface area contributed by atoms with Gasteiger partial charge < -0.3 is 10.1 Å². The van der Waals surface area contributed by atoms with E-state index in [2.05, 4.69) is 53.0 Å². The highest BCUT2D eigenvalue weighted by atomic mass is 35.5. The van der Waals surface area contributed by atoms with E-state index in [4.69, 9.17) is 21.7 Å². The summed E-state index contributed by atoms with van der Waals surface area (Å²) in [5.74, 6) is 1.90. The van der Waals surface area contributed by atoms with Crippen LogP contribution in [-0.4, -0.2) is 11.8 Å². The lowest BCUT2D eigenvalue weighted by Crippen LogP contribution is -2.18. The summed E-state index contributed by atoms with van der Waals surface area (Å²) in [6.45, 7) is 20.9. The number of ether oxygens (including phenoxy) is 1. The van der Waals surface area contributed by atoms with Crippen LogP contribution < -0.4 is 0 Å². The molecule has 188 valence electrons. The Morgan fingerprint density at radius 3 is 2.50 bits per heavy atom. The molecule has 0 spiro atoms. The van der Waals surface area contributed by atoms with Crippen LogP contribution >= 0.6 is 11.6 Å². The summed E-state index contributed by atoms with van der Waals surface area (Å²) in [6, 6.07) is 0. The second kappa shape index (κ2) is 15.8. The van der Waals surface area contributed by atoms with Crippen molar-refractivity contribution in [2.24, 2.45) is 11.8 Å². The number of halogens is 1. The molecule has 2 atom stereocenters. The van der Waals surface area contributed by atoms with Crippen LogP contribution in [0.4, 0.5) is 0 Å². The highest BCUT2D eigenvalue weighted by molar-refractivity contribution is 6.31. The van der Waals surface area contributed by atoms with Crippen LogP contribution in [-0.2, 0) is 4.74 Å². The fourth-order valence-electron chi connectivity index (χ4n) is 4.50. The van der Waals surface area contributed by atoms with Crippen molar-refractivity contribution in [3.63, 3.8) is 0 Å². The van der Waals surface area contributed by atoms with E-state index in [-0.39, 0.29) is 6.10 Å². The number of rotatable bonds is 14. The molecule has 0 aliphatic heterocycles. The molecule has 2 unspecified atom stereocenters. The minimum Gasteiger partial charge on any atom is -0.495 e. The molecule has 0 radical (unpaired) electrons. The Kier molecular flexibility index (Phi) is 13.9. The summed E-state index contributed by atoms with van der Waals surface area (Å²) in [7, 11) is 0. The quantitative estimate of drug-likeness (QED) is 0.193. The van der Waals surface area contributed by atoms with Gasteiger partial charge >= 0.3 is 0 Å². The van der Waals surface area contributed by atoms with E-state index >= 15 is 0 Å². The largest absolute Gasteiger partial charge is 0.495 e. The van der Waals surface area contributed by atoms with Crippen molar-refractivity contribution >= 4 is 17.3 Å². The van der Waals surface area contributed by atoms with Gasteiger partial charge in [-0.15, -0.1) is 0 Å². The van der Waals surface area contributed by atoms with Gasteiger partial charge in [0.25, 0.3) is 0 Å². The molecule has 2 nitrogen and oxygen atoms in total. The molecule has 0 amide bonds. The standard InChI is InChI=1S/C31H46ClNO/c1-9-27(10-2)30(25(8)33)21-26(19-23(6)17-18-28(32)11-3)20-24(7)34-31-16-14-12-13-15-29(31)22(4)5/h9,11,13,15,17-18,22,24,26,33H,1,6,10,12,14,16,19-21H2,2-5,7-8H3. The zero-order valence-electron chi connectivity index (χ0n) is 22.3. The summed E-state index contributed by atoms with van der Waals surface area (Å²) in [4.78, 5) is 0. The molecule has 3 heteroatoms. The third-order valence-electron chi connectivity index (χ3n) is 6.29. The van der Waals surface area contributed by atoms with Gasteiger partial charge in [0.05, 0.1) is 11.9 Å². The average molecular weight is 484 g/mol. The summed E-state index contributed by atoms with van der Waals surface area (Å²) in [5, 5.41) is 9.11. The topological polar surface area (TPSA) is 33.1 Å². The second-order valence-electron chi connectivity index (χ2n) is 9.62. The number of hydrogen-bond donors (Lipinski definition) is 1. The molecule has 0 aromatic heterocycles. The number of nitrogens with one attached hydrogen (secondary N) is 1. The van der Waals surface area contributed by atoms with Gasteiger partial charge in [-0.2, -0.15) is 0 Å². The summed E-state index contributed by atoms with van der Waals surface area (Å²) < 4.78 is 6.59. The van der Waals surface area contributed by atoms with Crippen molar-refractivity contribution in [1.29, 1.82) is 5.41 Å². The van der Waals surface area contributed by atoms with Crippen molar-refractivity contribution in [2.75, 3.05) is 0 Å². The Labute approximate surface area is 214 Å². The molecule has 0 fully saturated rings. The monoisotopic (exact) mass is 483 g/mol. The number of hydrogen-bond acceptors (Lipinski definition) is 2. The molecular weight excluding hydrogens is 438 g/mol. The van der Waals surface area contributed by atoms with Crippen molar-refractivity contribution < 1.29 is 4.74 Å². The average Bonchev–Trinajstić information content (AvgIpc) is 3.02. The van der Waals surface area contributed by atoms with Gasteiger partial charge in [-0.1, -0.05) is 81.5 Å². The SMILES string of the molecule is C=CC(CC)=C(CC(CC(=C)C=CC(Cl)=CC)CC(C)OC1=C(C(C)C)C=CCCC1)C(C)=N. The molecule has 1 aliphatic rings. The zero-order chi connectivity index (χ0) is 25.7. The van der Waals surface area contributed by atoms with E-state index in [9.17, 15) is 0 Å². The second-order valence-corrected chi connectivity index (χ2v) is 10.1. The minimum atomic E-state index is 0.0808. The van der Waals surface area contributed by atoms with Crippen LogP contribution in [0.1, 0.15) is 86.5 Å². The van der Waals surface area contributed by atoms with Crippen LogP contribution in [0.2, 0.25) is 0 Å². The molecule has 0 bridgehead atoms. The molecular formula is C31H46ClNO. The van der Waals surface area contributed by atoms with E-state index < -0.39 is 0 Å².